The van der Waals surface area contributed by atoms with E-state index < -0.39 is 6.09 Å². The number of aromatic hydroxyl groups is 1. The van der Waals surface area contributed by atoms with Crippen LogP contribution in [0.4, 0.5) is 4.79 Å². The van der Waals surface area contributed by atoms with E-state index in [0.29, 0.717) is 24.3 Å². The topological polar surface area (TPSA) is 67.8 Å². The van der Waals surface area contributed by atoms with Crippen molar-refractivity contribution in [2.45, 2.75) is 12.5 Å². The third kappa shape index (κ3) is 3.00. The van der Waals surface area contributed by atoms with Gasteiger partial charge in [-0.3, -0.25) is 0 Å². The highest BCUT2D eigenvalue weighted by atomic mass is 79.9. The minimum Gasteiger partial charge on any atom is -0.504 e. The van der Waals surface area contributed by atoms with E-state index in [0.717, 1.165) is 4.47 Å². The van der Waals surface area contributed by atoms with Crippen LogP contribution in [0.1, 0.15) is 18.0 Å². The fraction of sp³-hybridized carbons (Fsp3) is 0.364. The van der Waals surface area contributed by atoms with Gasteiger partial charge in [0.2, 0.25) is 0 Å². The molecule has 0 bridgehead atoms. The summed E-state index contributed by atoms with van der Waals surface area (Å²) in [6.45, 7) is 0.338. The number of carbonyl (C=O) groups is 1. The first kappa shape index (κ1) is 14.9. The summed E-state index contributed by atoms with van der Waals surface area (Å²) in [4.78, 5) is 11.1. The standard InChI is InChI=1S/C11H12BrNO4.ClH/c1-16-9-5-6(12)4-7(10(9)14)8-2-3-17-11(15)13-8;/h4-5,8,14H,2-3H2,1H3,(H,13,15);1H/t8-;/m0./s1. The first-order valence-electron chi connectivity index (χ1n) is 5.11. The number of alkyl carbamates (subject to hydrolysis) is 1. The number of methoxy groups -OCH3 is 1. The largest absolute Gasteiger partial charge is 0.504 e. The van der Waals surface area contributed by atoms with Crippen LogP contribution in [-0.4, -0.2) is 24.9 Å². The average molecular weight is 339 g/mol. The monoisotopic (exact) mass is 337 g/mol. The predicted octanol–water partition coefficient (Wildman–Crippen LogP) is 2.76. The Hall–Kier alpha value is -1.14. The third-order valence-electron chi connectivity index (χ3n) is 2.60. The van der Waals surface area contributed by atoms with Gasteiger partial charge in [-0.2, -0.15) is 0 Å². The Morgan fingerprint density at radius 1 is 1.56 bits per heavy atom. The van der Waals surface area contributed by atoms with Crippen molar-refractivity contribution >= 4 is 34.4 Å². The highest BCUT2D eigenvalue weighted by Gasteiger charge is 2.25. The van der Waals surface area contributed by atoms with Crippen molar-refractivity contribution in [2.24, 2.45) is 0 Å². The van der Waals surface area contributed by atoms with E-state index in [2.05, 4.69) is 21.2 Å². The van der Waals surface area contributed by atoms with Gasteiger partial charge in [-0.05, 0) is 12.1 Å². The molecule has 7 heteroatoms. The maximum Gasteiger partial charge on any atom is 0.407 e. The minimum atomic E-state index is -0.473. The molecule has 2 N–H and O–H groups in total. The summed E-state index contributed by atoms with van der Waals surface area (Å²) in [7, 11) is 1.48. The molecule has 1 saturated heterocycles. The lowest BCUT2D eigenvalue weighted by Gasteiger charge is -2.25. The molecule has 0 aromatic heterocycles. The molecule has 1 aromatic rings. The predicted molar refractivity (Wildman–Crippen MR) is 71.4 cm³/mol. The molecule has 2 rings (SSSR count). The molecule has 0 spiro atoms. The van der Waals surface area contributed by atoms with Gasteiger partial charge < -0.3 is 19.9 Å². The summed E-state index contributed by atoms with van der Waals surface area (Å²) in [5.74, 6) is 0.415. The zero-order chi connectivity index (χ0) is 12.4. The molecule has 1 aliphatic heterocycles. The fourth-order valence-corrected chi connectivity index (χ4v) is 2.23. The van der Waals surface area contributed by atoms with Crippen molar-refractivity contribution in [2.75, 3.05) is 13.7 Å². The number of phenolic OH excluding ortho intramolecular Hbond substituents is 1. The number of ether oxygens (including phenoxy) is 2. The smallest absolute Gasteiger partial charge is 0.407 e. The van der Waals surface area contributed by atoms with Crippen LogP contribution in [-0.2, 0) is 4.74 Å². The zero-order valence-electron chi connectivity index (χ0n) is 9.60. The Morgan fingerprint density at radius 2 is 2.28 bits per heavy atom. The quantitative estimate of drug-likeness (QED) is 0.870. The fourth-order valence-electron chi connectivity index (χ4n) is 1.77. The van der Waals surface area contributed by atoms with Gasteiger partial charge >= 0.3 is 6.09 Å². The van der Waals surface area contributed by atoms with E-state index in [1.807, 2.05) is 0 Å². The van der Waals surface area contributed by atoms with Gasteiger partial charge in [0.15, 0.2) is 11.5 Å². The molecule has 0 unspecified atom stereocenters. The molecule has 0 aliphatic carbocycles. The SMILES string of the molecule is COc1cc(Br)cc([C@@H]2CCOC(=O)N2)c1O.Cl. The molecule has 0 radical (unpaired) electrons. The van der Waals surface area contributed by atoms with E-state index in [1.54, 1.807) is 12.1 Å². The molecule has 0 saturated carbocycles. The molecule has 100 valence electrons. The van der Waals surface area contributed by atoms with Gasteiger partial charge in [0, 0.05) is 16.5 Å². The molecule has 1 atom stereocenters. The first-order chi connectivity index (χ1) is 8.11. The number of amides is 1. The second-order valence-corrected chi connectivity index (χ2v) is 4.58. The highest BCUT2D eigenvalue weighted by Crippen LogP contribution is 2.38. The van der Waals surface area contributed by atoms with E-state index in [4.69, 9.17) is 9.47 Å². The Labute approximate surface area is 119 Å². The first-order valence-corrected chi connectivity index (χ1v) is 5.91. The lowest BCUT2D eigenvalue weighted by molar-refractivity contribution is 0.115. The summed E-state index contributed by atoms with van der Waals surface area (Å²) in [5, 5.41) is 12.7. The van der Waals surface area contributed by atoms with Crippen molar-refractivity contribution in [1.82, 2.24) is 5.32 Å². The van der Waals surface area contributed by atoms with Crippen molar-refractivity contribution < 1.29 is 19.4 Å². The van der Waals surface area contributed by atoms with Gasteiger partial charge in [0.05, 0.1) is 19.8 Å². The van der Waals surface area contributed by atoms with Crippen molar-refractivity contribution in [1.29, 1.82) is 0 Å². The number of hydrogen-bond acceptors (Lipinski definition) is 4. The summed E-state index contributed by atoms with van der Waals surface area (Å²) in [6.07, 6.45) is 0.137. The number of cyclic esters (lactones) is 1. The Balaban J connectivity index is 0.00000162. The molecule has 1 aromatic carbocycles. The molecular weight excluding hydrogens is 325 g/mol. The number of nitrogens with one attached hydrogen (secondary N) is 1. The number of phenols is 1. The van der Waals surface area contributed by atoms with E-state index in [9.17, 15) is 9.90 Å². The Kier molecular flexibility index (Phi) is 5.10. The van der Waals surface area contributed by atoms with Crippen molar-refractivity contribution in [3.8, 4) is 11.5 Å². The number of carbonyl (C=O) groups excluding carboxylic acids is 1. The van der Waals surface area contributed by atoms with E-state index >= 15 is 0 Å². The lowest BCUT2D eigenvalue weighted by Crippen LogP contribution is -2.35. The maximum absolute atomic E-state index is 11.1. The lowest BCUT2D eigenvalue weighted by atomic mass is 10.0. The molecular formula is C11H13BrClNO4. The summed E-state index contributed by atoms with van der Waals surface area (Å²) >= 11 is 3.33. The summed E-state index contributed by atoms with van der Waals surface area (Å²) in [5.41, 5.74) is 0.618. The number of rotatable bonds is 2. The Morgan fingerprint density at radius 3 is 2.89 bits per heavy atom. The van der Waals surface area contributed by atoms with Crippen molar-refractivity contribution in [3.05, 3.63) is 22.2 Å². The maximum atomic E-state index is 11.1. The summed E-state index contributed by atoms with van der Waals surface area (Å²) < 4.78 is 10.6. The second-order valence-electron chi connectivity index (χ2n) is 3.67. The second kappa shape index (κ2) is 6.15. The van der Waals surface area contributed by atoms with Crippen LogP contribution in [0.25, 0.3) is 0 Å². The molecule has 1 amide bonds. The van der Waals surface area contributed by atoms with Gasteiger partial charge in [-0.25, -0.2) is 4.79 Å². The van der Waals surface area contributed by atoms with E-state index in [-0.39, 0.29) is 24.2 Å². The average Bonchev–Trinajstić information content (AvgIpc) is 2.31. The summed E-state index contributed by atoms with van der Waals surface area (Å²) in [6, 6.07) is 3.16. The number of benzene rings is 1. The Bertz CT molecular complexity index is 455. The zero-order valence-corrected chi connectivity index (χ0v) is 12.0. The minimum absolute atomic E-state index is 0. The molecule has 1 aliphatic rings. The van der Waals surface area contributed by atoms with Crippen LogP contribution in [0.3, 0.4) is 0 Å². The molecule has 5 nitrogen and oxygen atoms in total. The van der Waals surface area contributed by atoms with Crippen LogP contribution in [0.15, 0.2) is 16.6 Å². The number of hydrogen-bond donors (Lipinski definition) is 2. The normalized spacial score (nSPS) is 18.3. The van der Waals surface area contributed by atoms with Crippen LogP contribution >= 0.6 is 28.3 Å². The van der Waals surface area contributed by atoms with Crippen molar-refractivity contribution in [3.63, 3.8) is 0 Å². The van der Waals surface area contributed by atoms with E-state index in [1.165, 1.54) is 7.11 Å². The van der Waals surface area contributed by atoms with Gasteiger partial charge in [0.1, 0.15) is 0 Å². The van der Waals surface area contributed by atoms with Crippen LogP contribution in [0.5, 0.6) is 11.5 Å². The molecule has 1 fully saturated rings. The van der Waals surface area contributed by atoms with Gasteiger partial charge in [0.25, 0.3) is 0 Å². The van der Waals surface area contributed by atoms with Crippen LogP contribution < -0.4 is 10.1 Å². The number of halogens is 2. The molecule has 1 heterocycles. The van der Waals surface area contributed by atoms with Crippen LogP contribution in [0, 0.1) is 0 Å². The highest BCUT2D eigenvalue weighted by molar-refractivity contribution is 9.10. The van der Waals surface area contributed by atoms with Crippen LogP contribution in [0.2, 0.25) is 0 Å². The molecule has 18 heavy (non-hydrogen) atoms. The van der Waals surface area contributed by atoms with Gasteiger partial charge in [-0.15, -0.1) is 12.4 Å². The van der Waals surface area contributed by atoms with Gasteiger partial charge in [-0.1, -0.05) is 15.9 Å². The third-order valence-corrected chi connectivity index (χ3v) is 3.05.